The van der Waals surface area contributed by atoms with Gasteiger partial charge in [-0.3, -0.25) is 0 Å². The Hall–Kier alpha value is -0.810. The van der Waals surface area contributed by atoms with Crippen molar-refractivity contribution in [2.24, 2.45) is 0 Å². The topological polar surface area (TPSA) is 29.9 Å². The van der Waals surface area contributed by atoms with Crippen LogP contribution in [0, 0.1) is 6.92 Å². The number of hydrogen-bond acceptors (Lipinski definition) is 3. The van der Waals surface area contributed by atoms with Crippen LogP contribution >= 0.6 is 27.3 Å². The highest BCUT2D eigenvalue weighted by Gasteiger charge is 2.18. The third kappa shape index (κ3) is 3.26. The Bertz CT molecular complexity index is 569. The summed E-state index contributed by atoms with van der Waals surface area (Å²) in [5, 5.41) is 3.50. The van der Waals surface area contributed by atoms with E-state index in [-0.39, 0.29) is 0 Å². The fourth-order valence-electron chi connectivity index (χ4n) is 2.90. The monoisotopic (exact) mass is 353 g/mol. The molecule has 1 aliphatic rings. The maximum absolute atomic E-state index is 4.65. The van der Waals surface area contributed by atoms with Crippen molar-refractivity contribution >= 4 is 33.2 Å². The Morgan fingerprint density at radius 1 is 1.35 bits per heavy atom. The minimum absolute atomic E-state index is 0.627. The highest BCUT2D eigenvalue weighted by molar-refractivity contribution is 9.11. The van der Waals surface area contributed by atoms with Gasteiger partial charge in [0.05, 0.1) is 16.0 Å². The first kappa shape index (κ1) is 14.1. The molecular formula is C15H20BrN3S. The van der Waals surface area contributed by atoms with Gasteiger partial charge < -0.3 is 9.88 Å². The van der Waals surface area contributed by atoms with E-state index in [4.69, 9.17) is 0 Å². The molecular weight excluding hydrogens is 334 g/mol. The molecule has 5 heteroatoms. The fraction of sp³-hybridized carbons (Fsp3) is 0.533. The number of aryl methyl sites for hydroxylation is 1. The van der Waals surface area contributed by atoms with E-state index in [2.05, 4.69) is 56.1 Å². The molecule has 108 valence electrons. The highest BCUT2D eigenvalue weighted by atomic mass is 79.9. The Morgan fingerprint density at radius 2 is 2.15 bits per heavy atom. The Kier molecular flexibility index (Phi) is 4.46. The van der Waals surface area contributed by atoms with Crippen LogP contribution in [0.3, 0.4) is 0 Å². The molecule has 0 spiro atoms. The van der Waals surface area contributed by atoms with Crippen molar-refractivity contribution in [2.75, 3.05) is 5.32 Å². The lowest BCUT2D eigenvalue weighted by molar-refractivity contribution is 0.355. The average molecular weight is 354 g/mol. The van der Waals surface area contributed by atoms with Gasteiger partial charge in [0.25, 0.3) is 0 Å². The number of nitrogens with one attached hydrogen (secondary N) is 1. The average Bonchev–Trinajstić information content (AvgIpc) is 3.03. The van der Waals surface area contributed by atoms with Crippen molar-refractivity contribution in [1.82, 2.24) is 9.55 Å². The molecule has 3 rings (SSSR count). The van der Waals surface area contributed by atoms with E-state index in [0.29, 0.717) is 6.04 Å². The van der Waals surface area contributed by atoms with Gasteiger partial charge >= 0.3 is 0 Å². The van der Waals surface area contributed by atoms with Crippen LogP contribution in [0.4, 0.5) is 5.95 Å². The number of imidazole rings is 1. The van der Waals surface area contributed by atoms with Crippen LogP contribution in [0.5, 0.6) is 0 Å². The number of rotatable bonds is 4. The van der Waals surface area contributed by atoms with E-state index >= 15 is 0 Å². The lowest BCUT2D eigenvalue weighted by Crippen LogP contribution is -2.15. The van der Waals surface area contributed by atoms with Crippen molar-refractivity contribution in [3.63, 3.8) is 0 Å². The zero-order valence-corrected chi connectivity index (χ0v) is 14.1. The molecule has 0 amide bonds. The zero-order valence-electron chi connectivity index (χ0n) is 11.7. The van der Waals surface area contributed by atoms with Gasteiger partial charge in [-0.05, 0) is 47.8 Å². The molecule has 0 aliphatic heterocycles. The lowest BCUT2D eigenvalue weighted by atomic mass is 9.95. The van der Waals surface area contributed by atoms with E-state index in [9.17, 15) is 0 Å². The van der Waals surface area contributed by atoms with Gasteiger partial charge in [-0.1, -0.05) is 19.3 Å². The van der Waals surface area contributed by atoms with Crippen LogP contribution in [0.15, 0.2) is 22.1 Å². The van der Waals surface area contributed by atoms with Crippen molar-refractivity contribution in [1.29, 1.82) is 0 Å². The molecule has 1 fully saturated rings. The minimum Gasteiger partial charge on any atom is -0.351 e. The summed E-state index contributed by atoms with van der Waals surface area (Å²) in [7, 11) is 0. The number of hydrogen-bond donors (Lipinski definition) is 1. The van der Waals surface area contributed by atoms with Crippen LogP contribution in [0.25, 0.3) is 0 Å². The van der Waals surface area contributed by atoms with E-state index in [0.717, 1.165) is 18.2 Å². The van der Waals surface area contributed by atoms with Crippen molar-refractivity contribution < 1.29 is 0 Å². The van der Waals surface area contributed by atoms with E-state index in [1.165, 1.54) is 40.8 Å². The van der Waals surface area contributed by atoms with E-state index < -0.39 is 0 Å². The third-order valence-electron chi connectivity index (χ3n) is 3.87. The normalized spacial score (nSPS) is 16.5. The van der Waals surface area contributed by atoms with Crippen LogP contribution in [0.2, 0.25) is 0 Å². The fourth-order valence-corrected chi connectivity index (χ4v) is 4.32. The Morgan fingerprint density at radius 3 is 2.85 bits per heavy atom. The van der Waals surface area contributed by atoms with Gasteiger partial charge in [0.15, 0.2) is 0 Å². The van der Waals surface area contributed by atoms with E-state index in [1.54, 1.807) is 11.3 Å². The number of halogens is 1. The first-order chi connectivity index (χ1) is 9.72. The quantitative estimate of drug-likeness (QED) is 0.825. The molecule has 2 aromatic rings. The number of thiophene rings is 1. The predicted octanol–water partition coefficient (Wildman–Crippen LogP) is 5.13. The van der Waals surface area contributed by atoms with E-state index in [1.807, 2.05) is 0 Å². The van der Waals surface area contributed by atoms with Crippen LogP contribution in [-0.4, -0.2) is 9.55 Å². The van der Waals surface area contributed by atoms with Gasteiger partial charge in [-0.2, -0.15) is 0 Å². The van der Waals surface area contributed by atoms with Gasteiger partial charge in [0.2, 0.25) is 5.95 Å². The first-order valence-electron chi connectivity index (χ1n) is 7.26. The number of aromatic nitrogens is 2. The molecule has 2 aromatic heterocycles. The molecule has 0 radical (unpaired) electrons. The first-order valence-corrected chi connectivity index (χ1v) is 8.87. The second-order valence-electron chi connectivity index (χ2n) is 5.46. The van der Waals surface area contributed by atoms with Crippen LogP contribution in [-0.2, 0) is 6.54 Å². The molecule has 0 saturated heterocycles. The maximum Gasteiger partial charge on any atom is 0.203 e. The summed E-state index contributed by atoms with van der Waals surface area (Å²) in [4.78, 5) is 5.98. The van der Waals surface area contributed by atoms with Crippen molar-refractivity contribution in [3.8, 4) is 0 Å². The van der Waals surface area contributed by atoms with Gasteiger partial charge in [0, 0.05) is 17.1 Å². The standard InChI is InChI=1S/C15H20BrN3S/c1-11-10-19(12-5-3-2-4-6-12)15(18-11)17-9-13-7-8-14(16)20-13/h7-8,10,12H,2-6,9H2,1H3,(H,17,18). The second-order valence-corrected chi connectivity index (χ2v) is 8.01. The predicted molar refractivity (Wildman–Crippen MR) is 88.4 cm³/mol. The van der Waals surface area contributed by atoms with Gasteiger partial charge in [-0.25, -0.2) is 4.98 Å². The minimum atomic E-state index is 0.627. The molecule has 1 saturated carbocycles. The Labute approximate surface area is 132 Å². The molecule has 0 aromatic carbocycles. The molecule has 2 heterocycles. The molecule has 0 atom stereocenters. The number of nitrogens with zero attached hydrogens (tertiary/aromatic N) is 2. The number of anilines is 1. The zero-order chi connectivity index (χ0) is 13.9. The van der Waals surface area contributed by atoms with Crippen LogP contribution < -0.4 is 5.32 Å². The van der Waals surface area contributed by atoms with Crippen molar-refractivity contribution in [3.05, 3.63) is 32.7 Å². The molecule has 0 unspecified atom stereocenters. The molecule has 1 N–H and O–H groups in total. The summed E-state index contributed by atoms with van der Waals surface area (Å²) >= 11 is 5.28. The molecule has 1 aliphatic carbocycles. The van der Waals surface area contributed by atoms with Crippen molar-refractivity contribution in [2.45, 2.75) is 51.6 Å². The Balaban J connectivity index is 1.71. The summed E-state index contributed by atoms with van der Waals surface area (Å²) in [6, 6.07) is 4.88. The second kappa shape index (κ2) is 6.31. The van der Waals surface area contributed by atoms with Gasteiger partial charge in [0.1, 0.15) is 0 Å². The summed E-state index contributed by atoms with van der Waals surface area (Å²) in [5.41, 5.74) is 1.10. The maximum atomic E-state index is 4.65. The van der Waals surface area contributed by atoms with Gasteiger partial charge in [-0.15, -0.1) is 11.3 Å². The smallest absolute Gasteiger partial charge is 0.203 e. The molecule has 0 bridgehead atoms. The molecule has 3 nitrogen and oxygen atoms in total. The third-order valence-corrected chi connectivity index (χ3v) is 5.49. The van der Waals surface area contributed by atoms with Crippen LogP contribution in [0.1, 0.15) is 48.7 Å². The summed E-state index contributed by atoms with van der Waals surface area (Å²) < 4.78 is 3.54. The summed E-state index contributed by atoms with van der Waals surface area (Å²) in [6.45, 7) is 2.92. The largest absolute Gasteiger partial charge is 0.351 e. The molecule has 20 heavy (non-hydrogen) atoms. The SMILES string of the molecule is Cc1cn(C2CCCCC2)c(NCc2ccc(Br)s2)n1. The summed E-state index contributed by atoms with van der Waals surface area (Å²) in [6.07, 6.45) is 8.85. The summed E-state index contributed by atoms with van der Waals surface area (Å²) in [5.74, 6) is 1.03. The highest BCUT2D eigenvalue weighted by Crippen LogP contribution is 2.31. The lowest BCUT2D eigenvalue weighted by Gasteiger charge is -2.24.